The normalized spacial score (nSPS) is 19.4. The van der Waals surface area contributed by atoms with Gasteiger partial charge in [0.2, 0.25) is 12.7 Å². The molecule has 1 atom stereocenters. The molecule has 0 N–H and O–H groups in total. The lowest BCUT2D eigenvalue weighted by molar-refractivity contribution is -0.131. The number of amides is 2. The molecule has 3 aromatic rings. The Morgan fingerprint density at radius 2 is 1.70 bits per heavy atom. The summed E-state index contributed by atoms with van der Waals surface area (Å²) in [4.78, 5) is 34.1. The second-order valence-corrected chi connectivity index (χ2v) is 10.7. The van der Waals surface area contributed by atoms with Crippen molar-refractivity contribution in [1.29, 1.82) is 0 Å². The Bertz CT molecular complexity index is 1280. The van der Waals surface area contributed by atoms with Crippen LogP contribution in [0.3, 0.4) is 0 Å². The van der Waals surface area contributed by atoms with Gasteiger partial charge in [0.1, 0.15) is 0 Å². The number of ether oxygens (including phenoxy) is 2. The van der Waals surface area contributed by atoms with Gasteiger partial charge in [0, 0.05) is 56.1 Å². The van der Waals surface area contributed by atoms with E-state index in [0.717, 1.165) is 25.9 Å². The molecule has 0 saturated carbocycles. The Balaban J connectivity index is 1.07. The highest BCUT2D eigenvalue weighted by Crippen LogP contribution is 2.38. The molecule has 6 rings (SSSR count). The fourth-order valence-electron chi connectivity index (χ4n) is 5.61. The van der Waals surface area contributed by atoms with Crippen molar-refractivity contribution in [2.45, 2.75) is 25.3 Å². The SMILES string of the molecule is O=C(CCN1CCc2sccc2[C@H]1c1ccccc1)N1CCCN(C(=O)c2ccc3c(c2)OCO3)CC1. The highest BCUT2D eigenvalue weighted by molar-refractivity contribution is 7.10. The van der Waals surface area contributed by atoms with Crippen LogP contribution in [0.2, 0.25) is 0 Å². The van der Waals surface area contributed by atoms with Gasteiger partial charge in [-0.05, 0) is 53.6 Å². The lowest BCUT2D eigenvalue weighted by Crippen LogP contribution is -2.40. The molecule has 0 unspecified atom stereocenters. The van der Waals surface area contributed by atoms with Crippen LogP contribution in [-0.4, -0.2) is 72.6 Å². The van der Waals surface area contributed by atoms with E-state index < -0.39 is 0 Å². The molecule has 0 radical (unpaired) electrons. The summed E-state index contributed by atoms with van der Waals surface area (Å²) in [6.07, 6.45) is 2.29. The molecule has 0 spiro atoms. The molecule has 2 amide bonds. The fourth-order valence-corrected chi connectivity index (χ4v) is 6.52. The van der Waals surface area contributed by atoms with E-state index in [1.807, 2.05) is 21.1 Å². The first-order chi connectivity index (χ1) is 18.2. The summed E-state index contributed by atoms with van der Waals surface area (Å²) in [5, 5.41) is 2.18. The van der Waals surface area contributed by atoms with Crippen molar-refractivity contribution in [3.05, 3.63) is 81.5 Å². The van der Waals surface area contributed by atoms with Crippen molar-refractivity contribution in [1.82, 2.24) is 14.7 Å². The number of hydrogen-bond donors (Lipinski definition) is 0. The third-order valence-electron chi connectivity index (χ3n) is 7.55. The molecule has 3 aliphatic rings. The Morgan fingerprint density at radius 3 is 2.59 bits per heavy atom. The number of hydrogen-bond acceptors (Lipinski definition) is 6. The highest BCUT2D eigenvalue weighted by atomic mass is 32.1. The highest BCUT2D eigenvalue weighted by Gasteiger charge is 2.30. The zero-order valence-corrected chi connectivity index (χ0v) is 21.6. The maximum Gasteiger partial charge on any atom is 0.254 e. The monoisotopic (exact) mass is 517 g/mol. The fraction of sp³-hybridized carbons (Fsp3) is 0.379. The van der Waals surface area contributed by atoms with Crippen LogP contribution in [0.1, 0.15) is 45.2 Å². The minimum atomic E-state index is -0.0295. The molecule has 7 nitrogen and oxygen atoms in total. The Labute approximate surface area is 221 Å². The Kier molecular flexibility index (Phi) is 6.85. The van der Waals surface area contributed by atoms with Gasteiger partial charge in [-0.3, -0.25) is 14.5 Å². The van der Waals surface area contributed by atoms with Crippen molar-refractivity contribution >= 4 is 23.2 Å². The Morgan fingerprint density at radius 1 is 0.892 bits per heavy atom. The van der Waals surface area contributed by atoms with Crippen molar-refractivity contribution in [2.24, 2.45) is 0 Å². The quantitative estimate of drug-likeness (QED) is 0.508. The lowest BCUT2D eigenvalue weighted by atomic mass is 9.93. The van der Waals surface area contributed by atoms with E-state index in [-0.39, 0.29) is 24.6 Å². The molecular weight excluding hydrogens is 486 g/mol. The number of carbonyl (C=O) groups is 2. The average molecular weight is 518 g/mol. The molecule has 4 heterocycles. The molecule has 0 aliphatic carbocycles. The van der Waals surface area contributed by atoms with E-state index in [9.17, 15) is 9.59 Å². The lowest BCUT2D eigenvalue weighted by Gasteiger charge is -2.36. The van der Waals surface area contributed by atoms with Crippen LogP contribution in [0.5, 0.6) is 11.5 Å². The second-order valence-electron chi connectivity index (χ2n) is 9.74. The van der Waals surface area contributed by atoms with Gasteiger partial charge in [0.05, 0.1) is 6.04 Å². The van der Waals surface area contributed by atoms with Gasteiger partial charge in [-0.1, -0.05) is 30.3 Å². The summed E-state index contributed by atoms with van der Waals surface area (Å²) in [5.74, 6) is 1.42. The summed E-state index contributed by atoms with van der Waals surface area (Å²) >= 11 is 1.83. The largest absolute Gasteiger partial charge is 0.454 e. The summed E-state index contributed by atoms with van der Waals surface area (Å²) in [5.41, 5.74) is 3.25. The maximum atomic E-state index is 13.3. The molecule has 2 aromatic carbocycles. The van der Waals surface area contributed by atoms with E-state index in [1.54, 1.807) is 18.2 Å². The van der Waals surface area contributed by atoms with Gasteiger partial charge in [-0.2, -0.15) is 0 Å². The van der Waals surface area contributed by atoms with E-state index in [0.29, 0.717) is 49.7 Å². The number of rotatable bonds is 5. The third kappa shape index (κ3) is 4.95. The molecular formula is C29H31N3O4S. The van der Waals surface area contributed by atoms with E-state index in [4.69, 9.17) is 9.47 Å². The first-order valence-corrected chi connectivity index (χ1v) is 13.9. The van der Waals surface area contributed by atoms with Crippen molar-refractivity contribution in [3.63, 3.8) is 0 Å². The van der Waals surface area contributed by atoms with Crippen LogP contribution in [0, 0.1) is 0 Å². The molecule has 37 heavy (non-hydrogen) atoms. The van der Waals surface area contributed by atoms with Crippen LogP contribution in [0.4, 0.5) is 0 Å². The van der Waals surface area contributed by atoms with Crippen molar-refractivity contribution < 1.29 is 19.1 Å². The van der Waals surface area contributed by atoms with Crippen LogP contribution < -0.4 is 9.47 Å². The summed E-state index contributed by atoms with van der Waals surface area (Å²) in [6, 6.07) is 18.4. The van der Waals surface area contributed by atoms with Gasteiger partial charge in [0.25, 0.3) is 5.91 Å². The average Bonchev–Trinajstić information content (AvgIpc) is 3.54. The van der Waals surface area contributed by atoms with Crippen LogP contribution >= 0.6 is 11.3 Å². The topological polar surface area (TPSA) is 62.3 Å². The maximum absolute atomic E-state index is 13.3. The van der Waals surface area contributed by atoms with Crippen molar-refractivity contribution in [3.8, 4) is 11.5 Å². The van der Waals surface area contributed by atoms with Gasteiger partial charge in [-0.25, -0.2) is 0 Å². The number of carbonyl (C=O) groups excluding carboxylic acids is 2. The smallest absolute Gasteiger partial charge is 0.254 e. The zero-order chi connectivity index (χ0) is 25.2. The van der Waals surface area contributed by atoms with E-state index >= 15 is 0 Å². The molecule has 8 heteroatoms. The van der Waals surface area contributed by atoms with Gasteiger partial charge in [-0.15, -0.1) is 11.3 Å². The zero-order valence-electron chi connectivity index (χ0n) is 20.8. The minimum absolute atomic E-state index is 0.0295. The number of benzene rings is 2. The third-order valence-corrected chi connectivity index (χ3v) is 8.55. The molecule has 3 aliphatic heterocycles. The summed E-state index contributed by atoms with van der Waals surface area (Å²) < 4.78 is 10.8. The second kappa shape index (κ2) is 10.6. The predicted octanol–water partition coefficient (Wildman–Crippen LogP) is 4.19. The standard InChI is InChI=1S/C29H31N3O4S/c33-27(10-15-31-14-9-26-23(11-18-37-26)28(31)21-5-2-1-3-6-21)30-12-4-13-32(17-16-30)29(34)22-7-8-24-25(19-22)36-20-35-24/h1-3,5-8,11,18-19,28H,4,9-10,12-17,20H2/t28-/m1/s1. The van der Waals surface area contributed by atoms with Crippen LogP contribution in [0.25, 0.3) is 0 Å². The van der Waals surface area contributed by atoms with E-state index in [1.165, 1.54) is 16.0 Å². The van der Waals surface area contributed by atoms with Crippen molar-refractivity contribution in [2.75, 3.05) is 46.1 Å². The molecule has 0 bridgehead atoms. The molecule has 1 aromatic heterocycles. The first-order valence-electron chi connectivity index (χ1n) is 13.0. The number of fused-ring (bicyclic) bond motifs is 2. The molecule has 1 saturated heterocycles. The minimum Gasteiger partial charge on any atom is -0.454 e. The van der Waals surface area contributed by atoms with Gasteiger partial charge >= 0.3 is 0 Å². The van der Waals surface area contributed by atoms with Crippen LogP contribution in [0.15, 0.2) is 60.0 Å². The van der Waals surface area contributed by atoms with Gasteiger partial charge in [0.15, 0.2) is 11.5 Å². The first kappa shape index (κ1) is 24.0. The molecule has 192 valence electrons. The van der Waals surface area contributed by atoms with Gasteiger partial charge < -0.3 is 19.3 Å². The number of thiophene rings is 1. The Hall–Kier alpha value is -3.36. The summed E-state index contributed by atoms with van der Waals surface area (Å²) in [6.45, 7) is 4.29. The molecule has 1 fully saturated rings. The number of nitrogens with zero attached hydrogens (tertiary/aromatic N) is 3. The van der Waals surface area contributed by atoms with E-state index in [2.05, 4.69) is 46.7 Å². The predicted molar refractivity (Wildman–Crippen MR) is 142 cm³/mol. The van der Waals surface area contributed by atoms with Crippen LogP contribution in [-0.2, 0) is 11.2 Å². The summed E-state index contributed by atoms with van der Waals surface area (Å²) in [7, 11) is 0.